The van der Waals surface area contributed by atoms with Crippen molar-refractivity contribution in [2.24, 2.45) is 10.9 Å². The summed E-state index contributed by atoms with van der Waals surface area (Å²) < 4.78 is 12.9. The Morgan fingerprint density at radius 2 is 2.09 bits per heavy atom. The van der Waals surface area contributed by atoms with Crippen molar-refractivity contribution in [1.82, 2.24) is 19.7 Å². The Balaban J connectivity index is 1.18. The van der Waals surface area contributed by atoms with Crippen molar-refractivity contribution in [3.63, 3.8) is 0 Å². The Labute approximate surface area is 187 Å². The summed E-state index contributed by atoms with van der Waals surface area (Å²) in [7, 11) is 0. The van der Waals surface area contributed by atoms with E-state index in [1.54, 1.807) is 6.08 Å². The van der Waals surface area contributed by atoms with Crippen LogP contribution in [0.5, 0.6) is 0 Å². The van der Waals surface area contributed by atoms with E-state index in [2.05, 4.69) is 40.2 Å². The van der Waals surface area contributed by atoms with E-state index in [0.717, 1.165) is 60.6 Å². The summed E-state index contributed by atoms with van der Waals surface area (Å²) in [5.74, 6) is 2.24. The molecule has 0 aliphatic carbocycles. The lowest BCUT2D eigenvalue weighted by molar-refractivity contribution is -0.0732. The number of ether oxygens (including phenoxy) is 2. The second kappa shape index (κ2) is 7.86. The van der Waals surface area contributed by atoms with E-state index < -0.39 is 0 Å². The summed E-state index contributed by atoms with van der Waals surface area (Å²) in [6.45, 7) is 13.0. The molecule has 2 unspecified atom stereocenters. The zero-order valence-corrected chi connectivity index (χ0v) is 18.2. The van der Waals surface area contributed by atoms with Gasteiger partial charge < -0.3 is 14.4 Å². The van der Waals surface area contributed by atoms with Crippen LogP contribution in [0, 0.1) is 5.92 Å². The van der Waals surface area contributed by atoms with E-state index in [9.17, 15) is 0 Å². The first-order valence-electron chi connectivity index (χ1n) is 11.3. The van der Waals surface area contributed by atoms with Gasteiger partial charge in [-0.15, -0.1) is 0 Å². The third-order valence-corrected chi connectivity index (χ3v) is 7.28. The van der Waals surface area contributed by atoms with Crippen LogP contribution < -0.4 is 4.90 Å². The number of aliphatic imine (C=N–C) groups is 1. The van der Waals surface area contributed by atoms with Crippen molar-refractivity contribution in [2.45, 2.75) is 31.5 Å². The molecule has 3 saturated heterocycles. The van der Waals surface area contributed by atoms with Gasteiger partial charge in [-0.2, -0.15) is 5.10 Å². The number of allylic oxidation sites excluding steroid dienone is 2. The van der Waals surface area contributed by atoms with Crippen molar-refractivity contribution < 1.29 is 9.47 Å². The van der Waals surface area contributed by atoms with E-state index in [1.807, 2.05) is 17.1 Å². The minimum Gasteiger partial charge on any atom is -0.472 e. The lowest BCUT2D eigenvalue weighted by Crippen LogP contribution is -2.54. The SMILES string of the molecule is C=CC1=C(N=C)OCc2cn(-c3ccc(N4CCC5C(CCN5C5COC5)C4)nc3)nc21. The predicted octanol–water partition coefficient (Wildman–Crippen LogP) is 2.65. The van der Waals surface area contributed by atoms with Crippen LogP contribution in [0.15, 0.2) is 48.1 Å². The highest BCUT2D eigenvalue weighted by Crippen LogP contribution is 2.36. The summed E-state index contributed by atoms with van der Waals surface area (Å²) in [6.07, 6.45) is 8.08. The largest absolute Gasteiger partial charge is 0.472 e. The van der Waals surface area contributed by atoms with Crippen molar-refractivity contribution in [1.29, 1.82) is 0 Å². The van der Waals surface area contributed by atoms with Crippen LogP contribution in [-0.4, -0.2) is 71.3 Å². The fraction of sp³-hybridized carbons (Fsp3) is 0.458. The van der Waals surface area contributed by atoms with E-state index in [-0.39, 0.29) is 0 Å². The Morgan fingerprint density at radius 1 is 1.19 bits per heavy atom. The van der Waals surface area contributed by atoms with Crippen molar-refractivity contribution in [3.8, 4) is 5.69 Å². The minimum absolute atomic E-state index is 0.423. The lowest BCUT2D eigenvalue weighted by Gasteiger charge is -2.43. The number of hydrogen-bond acceptors (Lipinski definition) is 7. The molecular weight excluding hydrogens is 404 g/mol. The maximum absolute atomic E-state index is 5.67. The van der Waals surface area contributed by atoms with E-state index in [1.165, 1.54) is 19.4 Å². The third kappa shape index (κ3) is 3.17. The van der Waals surface area contributed by atoms with Crippen LogP contribution in [0.2, 0.25) is 0 Å². The van der Waals surface area contributed by atoms with Gasteiger partial charge in [0.05, 0.1) is 36.7 Å². The minimum atomic E-state index is 0.423. The van der Waals surface area contributed by atoms with Crippen LogP contribution in [0.4, 0.5) is 5.82 Å². The number of likely N-dealkylation sites (tertiary alicyclic amines) is 1. The summed E-state index contributed by atoms with van der Waals surface area (Å²) in [6, 6.07) is 5.55. The molecule has 0 amide bonds. The molecule has 2 atom stereocenters. The molecule has 8 nitrogen and oxygen atoms in total. The first-order chi connectivity index (χ1) is 15.7. The lowest BCUT2D eigenvalue weighted by atomic mass is 9.92. The number of anilines is 1. The van der Waals surface area contributed by atoms with Gasteiger partial charge in [-0.3, -0.25) is 4.90 Å². The normalized spacial score (nSPS) is 25.7. The second-order valence-electron chi connectivity index (χ2n) is 8.97. The van der Waals surface area contributed by atoms with Gasteiger partial charge in [-0.05, 0) is 44.2 Å². The molecule has 4 aliphatic rings. The van der Waals surface area contributed by atoms with Gasteiger partial charge >= 0.3 is 0 Å². The Hall–Kier alpha value is -2.97. The molecule has 32 heavy (non-hydrogen) atoms. The molecule has 0 aromatic carbocycles. The molecule has 8 heteroatoms. The van der Waals surface area contributed by atoms with Crippen LogP contribution >= 0.6 is 0 Å². The number of piperidine rings is 1. The van der Waals surface area contributed by atoms with Crippen LogP contribution in [0.3, 0.4) is 0 Å². The number of fused-ring (bicyclic) bond motifs is 2. The topological polar surface area (TPSA) is 68.0 Å². The van der Waals surface area contributed by atoms with Gasteiger partial charge in [0.1, 0.15) is 18.1 Å². The van der Waals surface area contributed by atoms with Crippen molar-refractivity contribution in [3.05, 3.63) is 54.3 Å². The standard InChI is InChI=1S/C24H28N6O2/c1-3-20-23-17(13-32-24(20)25-2)12-30(27-23)18-4-5-22(26-10-18)28-8-7-21-16(11-28)6-9-29(21)19-14-31-15-19/h3-5,10,12,16,19,21H,1-2,6-9,11,13-15H2. The van der Waals surface area contributed by atoms with Gasteiger partial charge in [0.25, 0.3) is 0 Å². The molecule has 0 radical (unpaired) electrons. The fourth-order valence-electron chi connectivity index (χ4n) is 5.51. The van der Waals surface area contributed by atoms with E-state index in [0.29, 0.717) is 24.6 Å². The quantitative estimate of drug-likeness (QED) is 0.677. The molecular formula is C24H28N6O2. The molecule has 0 saturated carbocycles. The average Bonchev–Trinajstić information content (AvgIpc) is 3.41. The number of hydrogen-bond donors (Lipinski definition) is 0. The number of pyridine rings is 1. The Bertz CT molecular complexity index is 1070. The van der Waals surface area contributed by atoms with Gasteiger partial charge in [-0.25, -0.2) is 14.7 Å². The highest BCUT2D eigenvalue weighted by atomic mass is 16.5. The Morgan fingerprint density at radius 3 is 2.81 bits per heavy atom. The molecule has 2 aromatic heterocycles. The fourth-order valence-corrected chi connectivity index (χ4v) is 5.51. The molecule has 6 heterocycles. The smallest absolute Gasteiger partial charge is 0.222 e. The molecule has 6 rings (SSSR count). The number of nitrogens with zero attached hydrogens (tertiary/aromatic N) is 6. The number of aromatic nitrogens is 3. The molecule has 0 bridgehead atoms. The second-order valence-corrected chi connectivity index (χ2v) is 8.97. The summed E-state index contributed by atoms with van der Waals surface area (Å²) in [5, 5.41) is 4.75. The first kappa shape index (κ1) is 19.7. The average molecular weight is 433 g/mol. The summed E-state index contributed by atoms with van der Waals surface area (Å²) in [5.41, 5.74) is 3.53. The zero-order chi connectivity index (χ0) is 21.7. The molecule has 4 aliphatic heterocycles. The van der Waals surface area contributed by atoms with E-state index >= 15 is 0 Å². The van der Waals surface area contributed by atoms with Crippen LogP contribution in [-0.2, 0) is 16.1 Å². The molecule has 3 fully saturated rings. The first-order valence-corrected chi connectivity index (χ1v) is 11.3. The summed E-state index contributed by atoms with van der Waals surface area (Å²) >= 11 is 0. The maximum atomic E-state index is 5.67. The highest BCUT2D eigenvalue weighted by molar-refractivity contribution is 5.76. The van der Waals surface area contributed by atoms with E-state index in [4.69, 9.17) is 19.6 Å². The molecule has 0 N–H and O–H groups in total. The molecule has 2 aromatic rings. The van der Waals surface area contributed by atoms with Gasteiger partial charge in [0.15, 0.2) is 0 Å². The van der Waals surface area contributed by atoms with Gasteiger partial charge in [0.2, 0.25) is 5.88 Å². The van der Waals surface area contributed by atoms with Crippen LogP contribution in [0.25, 0.3) is 11.3 Å². The third-order valence-electron chi connectivity index (χ3n) is 7.28. The predicted molar refractivity (Wildman–Crippen MR) is 123 cm³/mol. The Kier molecular flexibility index (Phi) is 4.84. The molecule has 166 valence electrons. The summed E-state index contributed by atoms with van der Waals surface area (Å²) in [4.78, 5) is 13.9. The zero-order valence-electron chi connectivity index (χ0n) is 18.2. The van der Waals surface area contributed by atoms with Crippen LogP contribution in [0.1, 0.15) is 24.1 Å². The number of rotatable bonds is 5. The highest BCUT2D eigenvalue weighted by Gasteiger charge is 2.43. The van der Waals surface area contributed by atoms with Crippen molar-refractivity contribution >= 4 is 18.1 Å². The van der Waals surface area contributed by atoms with Crippen molar-refractivity contribution in [2.75, 3.05) is 37.7 Å². The maximum Gasteiger partial charge on any atom is 0.222 e. The molecule has 0 spiro atoms. The van der Waals surface area contributed by atoms with Gasteiger partial charge in [0, 0.05) is 30.9 Å². The monoisotopic (exact) mass is 432 g/mol. The van der Waals surface area contributed by atoms with Gasteiger partial charge in [-0.1, -0.05) is 12.7 Å².